The molecule has 3 nitrogen and oxygen atoms in total. The summed E-state index contributed by atoms with van der Waals surface area (Å²) >= 11 is 1.80. The normalized spacial score (nSPS) is 31.0. The van der Waals surface area contributed by atoms with Gasteiger partial charge in [-0.3, -0.25) is 10.1 Å². The van der Waals surface area contributed by atoms with Crippen LogP contribution in [0, 0.1) is 18.8 Å². The molecule has 0 radical (unpaired) electrons. The van der Waals surface area contributed by atoms with Crippen molar-refractivity contribution < 1.29 is 4.79 Å². The minimum absolute atomic E-state index is 0.112. The molecule has 1 unspecified atom stereocenters. The zero-order valence-corrected chi connectivity index (χ0v) is 13.2. The maximum absolute atomic E-state index is 12.2. The minimum atomic E-state index is 0.112. The van der Waals surface area contributed by atoms with Crippen LogP contribution >= 0.6 is 11.3 Å². The third kappa shape index (κ3) is 2.91. The Bertz CT molecular complexity index is 477. The second kappa shape index (κ2) is 5.86. The lowest BCUT2D eigenvalue weighted by Crippen LogP contribution is -2.35. The van der Waals surface area contributed by atoms with Crippen LogP contribution < -0.4 is 5.32 Å². The fourth-order valence-electron chi connectivity index (χ4n) is 3.39. The molecule has 1 atom stereocenters. The first kappa shape index (κ1) is 14.1. The van der Waals surface area contributed by atoms with Gasteiger partial charge in [-0.05, 0) is 43.7 Å². The number of nitrogens with zero attached hydrogens (tertiary/aromatic N) is 1. The van der Waals surface area contributed by atoms with Crippen molar-refractivity contribution in [2.75, 3.05) is 13.1 Å². The van der Waals surface area contributed by atoms with Crippen molar-refractivity contribution in [3.05, 3.63) is 21.9 Å². The van der Waals surface area contributed by atoms with E-state index in [-0.39, 0.29) is 12.1 Å². The Kier molecular flexibility index (Phi) is 4.13. The minimum Gasteiger partial charge on any atom is -0.321 e. The molecule has 20 heavy (non-hydrogen) atoms. The molecule has 3 rings (SSSR count). The molecule has 1 amide bonds. The number of carbonyl (C=O) groups excluding carboxylic acids is 1. The van der Waals surface area contributed by atoms with Crippen molar-refractivity contribution in [3.8, 4) is 0 Å². The molecule has 110 valence electrons. The maximum atomic E-state index is 12.2. The average Bonchev–Trinajstić information content (AvgIpc) is 3.00. The van der Waals surface area contributed by atoms with Crippen LogP contribution in [0.1, 0.15) is 48.5 Å². The zero-order valence-electron chi connectivity index (χ0n) is 12.4. The highest BCUT2D eigenvalue weighted by atomic mass is 32.1. The van der Waals surface area contributed by atoms with E-state index in [1.54, 1.807) is 11.3 Å². The van der Waals surface area contributed by atoms with Gasteiger partial charge in [0, 0.05) is 16.3 Å². The SMILES string of the molecule is Cc1ccc(C2NCC(=O)N2CC2CCC(C)CC2)s1. The van der Waals surface area contributed by atoms with Crippen molar-refractivity contribution in [1.82, 2.24) is 10.2 Å². The predicted octanol–water partition coefficient (Wildman–Crippen LogP) is 3.31. The fourth-order valence-corrected chi connectivity index (χ4v) is 4.36. The second-order valence-electron chi connectivity index (χ2n) is 6.40. The van der Waals surface area contributed by atoms with E-state index in [1.165, 1.54) is 35.4 Å². The molecule has 0 aromatic carbocycles. The number of aryl methyl sites for hydroxylation is 1. The van der Waals surface area contributed by atoms with Gasteiger partial charge in [0.05, 0.1) is 6.54 Å². The van der Waals surface area contributed by atoms with Crippen molar-refractivity contribution in [3.63, 3.8) is 0 Å². The lowest BCUT2D eigenvalue weighted by molar-refractivity contribution is -0.128. The molecule has 4 heteroatoms. The molecule has 2 aliphatic rings. The van der Waals surface area contributed by atoms with Gasteiger partial charge in [-0.1, -0.05) is 19.8 Å². The molecule has 1 aliphatic carbocycles. The fraction of sp³-hybridized carbons (Fsp3) is 0.688. The number of hydrogen-bond donors (Lipinski definition) is 1. The van der Waals surface area contributed by atoms with Gasteiger partial charge in [0.15, 0.2) is 0 Å². The third-order valence-electron chi connectivity index (χ3n) is 4.70. The number of thiophene rings is 1. The zero-order chi connectivity index (χ0) is 14.1. The first-order valence-corrected chi connectivity index (χ1v) is 8.54. The molecule has 0 bridgehead atoms. The van der Waals surface area contributed by atoms with Gasteiger partial charge in [-0.15, -0.1) is 11.3 Å². The van der Waals surface area contributed by atoms with Crippen molar-refractivity contribution in [1.29, 1.82) is 0 Å². The molecule has 1 aliphatic heterocycles. The van der Waals surface area contributed by atoms with Crippen LogP contribution in [0.5, 0.6) is 0 Å². The summed E-state index contributed by atoms with van der Waals surface area (Å²) in [6.45, 7) is 5.89. The van der Waals surface area contributed by atoms with Crippen LogP contribution in [-0.2, 0) is 4.79 Å². The Hall–Kier alpha value is -0.870. The van der Waals surface area contributed by atoms with E-state index in [4.69, 9.17) is 0 Å². The molecule has 2 heterocycles. The van der Waals surface area contributed by atoms with Crippen LogP contribution in [0.3, 0.4) is 0 Å². The molecule has 1 saturated carbocycles. The lowest BCUT2D eigenvalue weighted by atomic mass is 9.83. The van der Waals surface area contributed by atoms with Crippen LogP contribution in [0.15, 0.2) is 12.1 Å². The van der Waals surface area contributed by atoms with Gasteiger partial charge in [-0.25, -0.2) is 0 Å². The first-order valence-electron chi connectivity index (χ1n) is 7.72. The molecule has 0 spiro atoms. The van der Waals surface area contributed by atoms with E-state index in [2.05, 4.69) is 36.2 Å². The number of nitrogens with one attached hydrogen (secondary N) is 1. The summed E-state index contributed by atoms with van der Waals surface area (Å²) in [6, 6.07) is 4.30. The molecular formula is C16H24N2OS. The van der Waals surface area contributed by atoms with Crippen molar-refractivity contribution in [2.45, 2.75) is 45.7 Å². The summed E-state index contributed by atoms with van der Waals surface area (Å²) in [6.07, 6.45) is 5.31. The second-order valence-corrected chi connectivity index (χ2v) is 7.72. The summed E-state index contributed by atoms with van der Waals surface area (Å²) in [7, 11) is 0. The summed E-state index contributed by atoms with van der Waals surface area (Å²) in [5.41, 5.74) is 0. The number of amides is 1. The van der Waals surface area contributed by atoms with Gasteiger partial charge in [0.25, 0.3) is 0 Å². The quantitative estimate of drug-likeness (QED) is 0.927. The summed E-state index contributed by atoms with van der Waals surface area (Å²) in [4.78, 5) is 16.8. The molecule has 1 aromatic heterocycles. The van der Waals surface area contributed by atoms with E-state index >= 15 is 0 Å². The highest BCUT2D eigenvalue weighted by molar-refractivity contribution is 7.12. The molecule has 1 saturated heterocycles. The van der Waals surface area contributed by atoms with Crippen molar-refractivity contribution in [2.24, 2.45) is 11.8 Å². The molecule has 1 aromatic rings. The summed E-state index contributed by atoms with van der Waals surface area (Å²) in [5.74, 6) is 1.83. The van der Waals surface area contributed by atoms with E-state index in [1.807, 2.05) is 0 Å². The van der Waals surface area contributed by atoms with Crippen molar-refractivity contribution >= 4 is 17.2 Å². The van der Waals surface area contributed by atoms with Gasteiger partial charge in [0.2, 0.25) is 5.91 Å². The molecule has 1 N–H and O–H groups in total. The Morgan fingerprint density at radius 1 is 1.30 bits per heavy atom. The topological polar surface area (TPSA) is 32.3 Å². The molecule has 2 fully saturated rings. The Morgan fingerprint density at radius 2 is 2.05 bits per heavy atom. The van der Waals surface area contributed by atoms with Crippen LogP contribution in [0.2, 0.25) is 0 Å². The van der Waals surface area contributed by atoms with Crippen LogP contribution in [0.25, 0.3) is 0 Å². The van der Waals surface area contributed by atoms with Crippen LogP contribution in [-0.4, -0.2) is 23.9 Å². The predicted molar refractivity (Wildman–Crippen MR) is 82.6 cm³/mol. The average molecular weight is 292 g/mol. The molecular weight excluding hydrogens is 268 g/mol. The first-order chi connectivity index (χ1) is 9.63. The number of hydrogen-bond acceptors (Lipinski definition) is 3. The van der Waals surface area contributed by atoms with E-state index in [9.17, 15) is 4.79 Å². The maximum Gasteiger partial charge on any atom is 0.238 e. The standard InChI is InChI=1S/C16H24N2OS/c1-11-3-6-13(7-4-11)10-18-15(19)9-17-16(18)14-8-5-12(2)20-14/h5,8,11,13,16-17H,3-4,6-7,9-10H2,1-2H3. The van der Waals surface area contributed by atoms with Gasteiger partial charge in [-0.2, -0.15) is 0 Å². The van der Waals surface area contributed by atoms with Crippen LogP contribution in [0.4, 0.5) is 0 Å². The Balaban J connectivity index is 1.68. The van der Waals surface area contributed by atoms with E-state index in [0.29, 0.717) is 12.5 Å². The van der Waals surface area contributed by atoms with E-state index < -0.39 is 0 Å². The highest BCUT2D eigenvalue weighted by Crippen LogP contribution is 2.33. The third-order valence-corrected chi connectivity index (χ3v) is 5.75. The Morgan fingerprint density at radius 3 is 2.70 bits per heavy atom. The summed E-state index contributed by atoms with van der Waals surface area (Å²) in [5, 5.41) is 3.37. The van der Waals surface area contributed by atoms with Gasteiger partial charge in [0.1, 0.15) is 6.17 Å². The largest absolute Gasteiger partial charge is 0.321 e. The van der Waals surface area contributed by atoms with Gasteiger partial charge >= 0.3 is 0 Å². The van der Waals surface area contributed by atoms with E-state index in [0.717, 1.165) is 12.5 Å². The Labute approximate surface area is 125 Å². The number of rotatable bonds is 3. The summed E-state index contributed by atoms with van der Waals surface area (Å²) < 4.78 is 0. The highest BCUT2D eigenvalue weighted by Gasteiger charge is 2.34. The van der Waals surface area contributed by atoms with Gasteiger partial charge < -0.3 is 4.90 Å². The lowest BCUT2D eigenvalue weighted by Gasteiger charge is -2.32. The number of carbonyl (C=O) groups is 1. The smallest absolute Gasteiger partial charge is 0.238 e. The monoisotopic (exact) mass is 292 g/mol.